The molecule has 1 saturated heterocycles. The highest BCUT2D eigenvalue weighted by atomic mass is 35.5. The van der Waals surface area contributed by atoms with Crippen LogP contribution >= 0.6 is 11.6 Å². The third-order valence-electron chi connectivity index (χ3n) is 4.84. The zero-order valence-corrected chi connectivity index (χ0v) is 17.1. The van der Waals surface area contributed by atoms with E-state index in [4.69, 9.17) is 16.3 Å². The predicted molar refractivity (Wildman–Crippen MR) is 113 cm³/mol. The third-order valence-corrected chi connectivity index (χ3v) is 5.09. The van der Waals surface area contributed by atoms with Crippen molar-refractivity contribution >= 4 is 23.4 Å². The molecule has 2 aromatic rings. The predicted octanol–water partition coefficient (Wildman–Crippen LogP) is 2.61. The van der Waals surface area contributed by atoms with E-state index in [0.717, 1.165) is 38.4 Å². The molecule has 1 aliphatic heterocycles. The molecule has 3 rings (SSSR count). The number of carbonyl (C=O) groups excluding carboxylic acids is 2. The summed E-state index contributed by atoms with van der Waals surface area (Å²) < 4.78 is 5.40. The van der Waals surface area contributed by atoms with Crippen LogP contribution in [0.4, 0.5) is 0 Å². The maximum absolute atomic E-state index is 12.2. The molecule has 0 unspecified atom stereocenters. The van der Waals surface area contributed by atoms with Crippen LogP contribution in [0, 0.1) is 0 Å². The average Bonchev–Trinajstić information content (AvgIpc) is 2.74. The van der Waals surface area contributed by atoms with E-state index < -0.39 is 0 Å². The van der Waals surface area contributed by atoms with Crippen LogP contribution in [0.5, 0.6) is 0 Å². The Hall–Kier alpha value is -2.41. The molecule has 2 N–H and O–H groups in total. The van der Waals surface area contributed by atoms with E-state index >= 15 is 0 Å². The van der Waals surface area contributed by atoms with Crippen molar-refractivity contribution in [2.45, 2.75) is 19.5 Å². The standard InChI is InChI=1S/C22H26ClN3O3/c23-20-7-5-17(6-8-20)22(28)24-10-9-21(27)25-15-18-3-1-2-4-19(18)16-26-11-13-29-14-12-26/h1-8H,9-16H2,(H,24,28)(H,25,27). The van der Waals surface area contributed by atoms with Crippen molar-refractivity contribution in [3.63, 3.8) is 0 Å². The first-order chi connectivity index (χ1) is 14.1. The normalized spacial score (nSPS) is 14.4. The zero-order chi connectivity index (χ0) is 20.5. The highest BCUT2D eigenvalue weighted by Gasteiger charge is 2.13. The second kappa shape index (κ2) is 11.0. The summed E-state index contributed by atoms with van der Waals surface area (Å²) in [6, 6.07) is 14.8. The van der Waals surface area contributed by atoms with E-state index in [2.05, 4.69) is 21.6 Å². The average molecular weight is 416 g/mol. The minimum absolute atomic E-state index is 0.0948. The number of carbonyl (C=O) groups is 2. The second-order valence-corrected chi connectivity index (χ2v) is 7.38. The van der Waals surface area contributed by atoms with Crippen LogP contribution in [0.25, 0.3) is 0 Å². The van der Waals surface area contributed by atoms with E-state index in [-0.39, 0.29) is 24.8 Å². The fraction of sp³-hybridized carbons (Fsp3) is 0.364. The van der Waals surface area contributed by atoms with Crippen molar-refractivity contribution in [1.29, 1.82) is 0 Å². The Morgan fingerprint density at radius 1 is 0.966 bits per heavy atom. The van der Waals surface area contributed by atoms with Crippen LogP contribution in [-0.4, -0.2) is 49.6 Å². The van der Waals surface area contributed by atoms with Gasteiger partial charge in [-0.05, 0) is 35.4 Å². The van der Waals surface area contributed by atoms with Gasteiger partial charge in [-0.15, -0.1) is 0 Å². The summed E-state index contributed by atoms with van der Waals surface area (Å²) in [4.78, 5) is 26.6. The highest BCUT2D eigenvalue weighted by Crippen LogP contribution is 2.13. The molecule has 0 atom stereocenters. The van der Waals surface area contributed by atoms with Gasteiger partial charge in [-0.25, -0.2) is 0 Å². The van der Waals surface area contributed by atoms with Gasteiger partial charge < -0.3 is 15.4 Å². The van der Waals surface area contributed by atoms with Gasteiger partial charge in [0.1, 0.15) is 0 Å². The molecule has 0 radical (unpaired) electrons. The van der Waals surface area contributed by atoms with Crippen molar-refractivity contribution in [2.75, 3.05) is 32.8 Å². The van der Waals surface area contributed by atoms with Crippen molar-refractivity contribution in [2.24, 2.45) is 0 Å². The summed E-state index contributed by atoms with van der Waals surface area (Å²) in [7, 11) is 0. The van der Waals surface area contributed by atoms with E-state index in [9.17, 15) is 9.59 Å². The maximum Gasteiger partial charge on any atom is 0.251 e. The number of ether oxygens (including phenoxy) is 1. The topological polar surface area (TPSA) is 70.7 Å². The number of hydrogen-bond donors (Lipinski definition) is 2. The Kier molecular flexibility index (Phi) is 8.04. The Bertz CT molecular complexity index is 820. The quantitative estimate of drug-likeness (QED) is 0.695. The molecule has 29 heavy (non-hydrogen) atoms. The second-order valence-electron chi connectivity index (χ2n) is 6.95. The van der Waals surface area contributed by atoms with Crippen LogP contribution in [0.1, 0.15) is 27.9 Å². The Morgan fingerprint density at radius 2 is 1.66 bits per heavy atom. The summed E-state index contributed by atoms with van der Waals surface area (Å²) in [5, 5.41) is 6.28. The van der Waals surface area contributed by atoms with Gasteiger partial charge in [0.05, 0.1) is 13.2 Å². The summed E-state index contributed by atoms with van der Waals surface area (Å²) in [6.07, 6.45) is 0.227. The lowest BCUT2D eigenvalue weighted by Gasteiger charge is -2.27. The largest absolute Gasteiger partial charge is 0.379 e. The lowest BCUT2D eigenvalue weighted by atomic mass is 10.1. The Morgan fingerprint density at radius 3 is 2.38 bits per heavy atom. The molecule has 0 aromatic heterocycles. The molecule has 2 amide bonds. The molecule has 2 aromatic carbocycles. The highest BCUT2D eigenvalue weighted by molar-refractivity contribution is 6.30. The van der Waals surface area contributed by atoms with E-state index in [0.29, 0.717) is 17.1 Å². The van der Waals surface area contributed by atoms with Crippen molar-refractivity contribution in [3.8, 4) is 0 Å². The molecule has 0 bridgehead atoms. The molecule has 154 valence electrons. The van der Waals surface area contributed by atoms with Crippen LogP contribution in [0.15, 0.2) is 48.5 Å². The van der Waals surface area contributed by atoms with Gasteiger partial charge in [-0.3, -0.25) is 14.5 Å². The van der Waals surface area contributed by atoms with E-state index in [1.54, 1.807) is 24.3 Å². The SMILES string of the molecule is O=C(CCNC(=O)c1ccc(Cl)cc1)NCc1ccccc1CN1CCOCC1. The first-order valence-electron chi connectivity index (χ1n) is 9.79. The maximum atomic E-state index is 12.2. The first kappa shape index (κ1) is 21.3. The van der Waals surface area contributed by atoms with Gasteiger partial charge in [-0.2, -0.15) is 0 Å². The molecule has 6 nitrogen and oxygen atoms in total. The van der Waals surface area contributed by atoms with Gasteiger partial charge >= 0.3 is 0 Å². The van der Waals surface area contributed by atoms with Gasteiger partial charge in [0.2, 0.25) is 5.91 Å². The Balaban J connectivity index is 1.42. The van der Waals surface area contributed by atoms with Gasteiger partial charge in [-0.1, -0.05) is 35.9 Å². The summed E-state index contributed by atoms with van der Waals surface area (Å²) in [5.41, 5.74) is 2.84. The van der Waals surface area contributed by atoms with Crippen LogP contribution < -0.4 is 10.6 Å². The van der Waals surface area contributed by atoms with Gasteiger partial charge in [0.25, 0.3) is 5.91 Å². The molecular formula is C22H26ClN3O3. The molecule has 0 aliphatic carbocycles. The number of halogens is 1. The lowest BCUT2D eigenvalue weighted by molar-refractivity contribution is -0.121. The number of hydrogen-bond acceptors (Lipinski definition) is 4. The number of nitrogens with one attached hydrogen (secondary N) is 2. The molecule has 1 fully saturated rings. The molecule has 1 aliphatic rings. The fourth-order valence-corrected chi connectivity index (χ4v) is 3.29. The van der Waals surface area contributed by atoms with Gasteiger partial charge in [0, 0.05) is 49.7 Å². The lowest BCUT2D eigenvalue weighted by Crippen LogP contribution is -2.36. The smallest absolute Gasteiger partial charge is 0.251 e. The fourth-order valence-electron chi connectivity index (χ4n) is 3.16. The molecular weight excluding hydrogens is 390 g/mol. The van der Waals surface area contributed by atoms with Crippen molar-refractivity contribution in [1.82, 2.24) is 15.5 Å². The van der Waals surface area contributed by atoms with E-state index in [1.807, 2.05) is 18.2 Å². The minimum atomic E-state index is -0.217. The number of nitrogens with zero attached hydrogens (tertiary/aromatic N) is 1. The van der Waals surface area contributed by atoms with Crippen LogP contribution in [0.2, 0.25) is 5.02 Å². The number of amides is 2. The third kappa shape index (κ3) is 6.85. The first-order valence-corrected chi connectivity index (χ1v) is 10.2. The molecule has 1 heterocycles. The Labute approximate surface area is 176 Å². The number of morpholine rings is 1. The zero-order valence-electron chi connectivity index (χ0n) is 16.3. The van der Waals surface area contributed by atoms with E-state index in [1.165, 1.54) is 5.56 Å². The van der Waals surface area contributed by atoms with Crippen LogP contribution in [-0.2, 0) is 22.6 Å². The summed E-state index contributed by atoms with van der Waals surface area (Å²) >= 11 is 5.82. The minimum Gasteiger partial charge on any atom is -0.379 e. The number of benzene rings is 2. The summed E-state index contributed by atoms with van der Waals surface area (Å²) in [6.45, 7) is 4.99. The molecule has 7 heteroatoms. The number of rotatable bonds is 8. The van der Waals surface area contributed by atoms with Crippen molar-refractivity contribution in [3.05, 3.63) is 70.2 Å². The monoisotopic (exact) mass is 415 g/mol. The molecule has 0 saturated carbocycles. The van der Waals surface area contributed by atoms with Crippen molar-refractivity contribution < 1.29 is 14.3 Å². The summed E-state index contributed by atoms with van der Waals surface area (Å²) in [5.74, 6) is -0.312. The molecule has 0 spiro atoms. The van der Waals surface area contributed by atoms with Crippen LogP contribution in [0.3, 0.4) is 0 Å². The van der Waals surface area contributed by atoms with Gasteiger partial charge in [0.15, 0.2) is 0 Å².